The maximum absolute atomic E-state index is 11.6. The SMILES string of the molecule is CC(=O)OCCN(CCO)CC(=O)OC(C)(C)C(=O)O. The third-order valence-electron chi connectivity index (χ3n) is 2.37. The number of ether oxygens (including phenoxy) is 2. The van der Waals surface area contributed by atoms with E-state index >= 15 is 0 Å². The Morgan fingerprint density at radius 3 is 2.25 bits per heavy atom. The molecule has 0 bridgehead atoms. The number of carboxylic acid groups (broad SMARTS) is 1. The number of nitrogens with zero attached hydrogens (tertiary/aromatic N) is 1. The van der Waals surface area contributed by atoms with Gasteiger partial charge in [-0.1, -0.05) is 0 Å². The van der Waals surface area contributed by atoms with Gasteiger partial charge in [0.2, 0.25) is 5.60 Å². The third-order valence-corrected chi connectivity index (χ3v) is 2.37. The van der Waals surface area contributed by atoms with E-state index in [4.69, 9.17) is 19.7 Å². The molecule has 0 aromatic carbocycles. The highest BCUT2D eigenvalue weighted by molar-refractivity contribution is 5.81. The van der Waals surface area contributed by atoms with E-state index in [1.54, 1.807) is 0 Å². The number of esters is 2. The summed E-state index contributed by atoms with van der Waals surface area (Å²) in [7, 11) is 0. The van der Waals surface area contributed by atoms with Crippen molar-refractivity contribution in [3.8, 4) is 0 Å². The summed E-state index contributed by atoms with van der Waals surface area (Å²) in [6.45, 7) is 3.91. The molecule has 0 aliphatic rings. The molecule has 0 heterocycles. The molecule has 0 amide bonds. The number of hydrogen-bond donors (Lipinski definition) is 2. The Balaban J connectivity index is 4.32. The van der Waals surface area contributed by atoms with Gasteiger partial charge in [-0.15, -0.1) is 0 Å². The minimum Gasteiger partial charge on any atom is -0.478 e. The van der Waals surface area contributed by atoms with Gasteiger partial charge in [0.1, 0.15) is 6.61 Å². The maximum atomic E-state index is 11.6. The Labute approximate surface area is 117 Å². The maximum Gasteiger partial charge on any atom is 0.347 e. The Morgan fingerprint density at radius 2 is 1.80 bits per heavy atom. The minimum absolute atomic E-state index is 0.0743. The fourth-order valence-corrected chi connectivity index (χ4v) is 1.27. The van der Waals surface area contributed by atoms with Gasteiger partial charge in [-0.25, -0.2) is 4.79 Å². The zero-order valence-electron chi connectivity index (χ0n) is 11.9. The van der Waals surface area contributed by atoms with Crippen molar-refractivity contribution in [2.45, 2.75) is 26.4 Å². The Kier molecular flexibility index (Phi) is 7.78. The van der Waals surface area contributed by atoms with E-state index in [-0.39, 0.29) is 32.8 Å². The van der Waals surface area contributed by atoms with Crippen molar-refractivity contribution < 1.29 is 34.1 Å². The Morgan fingerprint density at radius 1 is 1.20 bits per heavy atom. The molecule has 0 rings (SSSR count). The number of aliphatic hydroxyl groups is 1. The molecule has 116 valence electrons. The summed E-state index contributed by atoms with van der Waals surface area (Å²) in [5, 5.41) is 17.7. The van der Waals surface area contributed by atoms with Gasteiger partial charge in [0, 0.05) is 20.0 Å². The molecule has 0 aromatic heterocycles. The molecule has 8 heteroatoms. The fraction of sp³-hybridized carbons (Fsp3) is 0.750. The normalized spacial score (nSPS) is 11.2. The molecule has 0 fully saturated rings. The average molecular weight is 291 g/mol. The van der Waals surface area contributed by atoms with Crippen LogP contribution in [0.1, 0.15) is 20.8 Å². The third kappa shape index (κ3) is 7.70. The highest BCUT2D eigenvalue weighted by Crippen LogP contribution is 2.09. The number of hydrogen-bond acceptors (Lipinski definition) is 7. The van der Waals surface area contributed by atoms with Gasteiger partial charge >= 0.3 is 17.9 Å². The van der Waals surface area contributed by atoms with E-state index in [0.717, 1.165) is 0 Å². The van der Waals surface area contributed by atoms with Crippen molar-refractivity contribution in [3.05, 3.63) is 0 Å². The molecule has 0 saturated carbocycles. The van der Waals surface area contributed by atoms with E-state index in [2.05, 4.69) is 0 Å². The number of carbonyl (C=O) groups is 3. The number of carbonyl (C=O) groups excluding carboxylic acids is 2. The second-order valence-electron chi connectivity index (χ2n) is 4.63. The van der Waals surface area contributed by atoms with Crippen molar-refractivity contribution in [3.63, 3.8) is 0 Å². The predicted molar refractivity (Wildman–Crippen MR) is 68.0 cm³/mol. The first-order chi connectivity index (χ1) is 9.19. The summed E-state index contributed by atoms with van der Waals surface area (Å²) < 4.78 is 9.56. The first-order valence-electron chi connectivity index (χ1n) is 6.11. The summed E-state index contributed by atoms with van der Waals surface area (Å²) in [5.74, 6) is -2.42. The van der Waals surface area contributed by atoms with Crippen LogP contribution in [0.4, 0.5) is 0 Å². The van der Waals surface area contributed by atoms with E-state index in [9.17, 15) is 14.4 Å². The molecule has 2 N–H and O–H groups in total. The number of aliphatic hydroxyl groups excluding tert-OH is 1. The van der Waals surface area contributed by atoms with Crippen LogP contribution in [0.5, 0.6) is 0 Å². The molecule has 0 atom stereocenters. The second kappa shape index (κ2) is 8.49. The van der Waals surface area contributed by atoms with E-state index in [1.165, 1.54) is 25.7 Å². The van der Waals surface area contributed by atoms with Gasteiger partial charge in [0.25, 0.3) is 0 Å². The zero-order chi connectivity index (χ0) is 15.8. The molecule has 0 saturated heterocycles. The quantitative estimate of drug-likeness (QED) is 0.533. The highest BCUT2D eigenvalue weighted by Gasteiger charge is 2.32. The summed E-state index contributed by atoms with van der Waals surface area (Å²) in [6, 6.07) is 0. The molecular formula is C12H21NO7. The van der Waals surface area contributed by atoms with Crippen LogP contribution < -0.4 is 0 Å². The smallest absolute Gasteiger partial charge is 0.347 e. The number of rotatable bonds is 9. The average Bonchev–Trinajstić information content (AvgIpc) is 2.27. The van der Waals surface area contributed by atoms with Crippen LogP contribution in [-0.2, 0) is 23.9 Å². The Hall–Kier alpha value is -1.67. The van der Waals surface area contributed by atoms with Crippen LogP contribution in [-0.4, -0.2) is 71.5 Å². The van der Waals surface area contributed by atoms with Gasteiger partial charge in [-0.3, -0.25) is 14.5 Å². The molecule has 0 spiro atoms. The van der Waals surface area contributed by atoms with Gasteiger partial charge < -0.3 is 19.7 Å². The Bertz CT molecular complexity index is 354. The molecule has 20 heavy (non-hydrogen) atoms. The first-order valence-corrected chi connectivity index (χ1v) is 6.11. The molecule has 0 radical (unpaired) electrons. The standard InChI is InChI=1S/C12H21NO7/c1-9(15)19-7-5-13(4-6-14)8-10(16)20-12(2,3)11(17)18/h14H,4-8H2,1-3H3,(H,17,18). The van der Waals surface area contributed by atoms with E-state index in [0.29, 0.717) is 0 Å². The summed E-state index contributed by atoms with van der Waals surface area (Å²) in [6.07, 6.45) is 0. The van der Waals surface area contributed by atoms with Crippen LogP contribution in [0.25, 0.3) is 0 Å². The lowest BCUT2D eigenvalue weighted by molar-refractivity contribution is -0.175. The predicted octanol–water partition coefficient (Wildman–Crippen LogP) is -0.750. The molecular weight excluding hydrogens is 270 g/mol. The van der Waals surface area contributed by atoms with Crippen LogP contribution >= 0.6 is 0 Å². The molecule has 0 aliphatic heterocycles. The summed E-state index contributed by atoms with van der Waals surface area (Å²) >= 11 is 0. The van der Waals surface area contributed by atoms with E-state index in [1.807, 2.05) is 0 Å². The van der Waals surface area contributed by atoms with Gasteiger partial charge in [-0.05, 0) is 13.8 Å². The first kappa shape index (κ1) is 18.3. The zero-order valence-corrected chi connectivity index (χ0v) is 11.9. The highest BCUT2D eigenvalue weighted by atomic mass is 16.6. The molecule has 8 nitrogen and oxygen atoms in total. The van der Waals surface area contributed by atoms with Gasteiger partial charge in [0.15, 0.2) is 0 Å². The van der Waals surface area contributed by atoms with Crippen molar-refractivity contribution >= 4 is 17.9 Å². The molecule has 0 aliphatic carbocycles. The van der Waals surface area contributed by atoms with Gasteiger partial charge in [0.05, 0.1) is 13.2 Å². The minimum atomic E-state index is -1.61. The van der Waals surface area contributed by atoms with Crippen LogP contribution in [0.3, 0.4) is 0 Å². The molecule has 0 aromatic rings. The molecule has 0 unspecified atom stereocenters. The largest absolute Gasteiger partial charge is 0.478 e. The van der Waals surface area contributed by atoms with Crippen molar-refractivity contribution in [2.75, 3.05) is 32.8 Å². The topological polar surface area (TPSA) is 113 Å². The second-order valence-corrected chi connectivity index (χ2v) is 4.63. The van der Waals surface area contributed by atoms with Crippen LogP contribution in [0.2, 0.25) is 0 Å². The lowest BCUT2D eigenvalue weighted by Gasteiger charge is -2.24. The van der Waals surface area contributed by atoms with E-state index < -0.39 is 23.5 Å². The lowest BCUT2D eigenvalue weighted by Crippen LogP contribution is -2.42. The van der Waals surface area contributed by atoms with Crippen molar-refractivity contribution in [1.82, 2.24) is 4.90 Å². The number of carboxylic acids is 1. The van der Waals surface area contributed by atoms with Gasteiger partial charge in [-0.2, -0.15) is 0 Å². The number of aliphatic carboxylic acids is 1. The summed E-state index contributed by atoms with van der Waals surface area (Å²) in [4.78, 5) is 34.6. The van der Waals surface area contributed by atoms with Crippen LogP contribution in [0, 0.1) is 0 Å². The van der Waals surface area contributed by atoms with Crippen molar-refractivity contribution in [1.29, 1.82) is 0 Å². The summed E-state index contributed by atoms with van der Waals surface area (Å²) in [5.41, 5.74) is -1.61. The lowest BCUT2D eigenvalue weighted by atomic mass is 10.1. The van der Waals surface area contributed by atoms with Crippen LogP contribution in [0.15, 0.2) is 0 Å². The monoisotopic (exact) mass is 291 g/mol. The van der Waals surface area contributed by atoms with Crippen molar-refractivity contribution in [2.24, 2.45) is 0 Å². The fourth-order valence-electron chi connectivity index (χ4n) is 1.27.